The van der Waals surface area contributed by atoms with Gasteiger partial charge in [-0.2, -0.15) is 0 Å². The molecule has 0 saturated heterocycles. The maximum atomic E-state index is 12.8. The van der Waals surface area contributed by atoms with Crippen molar-refractivity contribution < 1.29 is 9.18 Å². The van der Waals surface area contributed by atoms with Gasteiger partial charge in [-0.25, -0.2) is 14.1 Å². The van der Waals surface area contributed by atoms with Crippen molar-refractivity contribution >= 4 is 28.6 Å². The van der Waals surface area contributed by atoms with E-state index in [1.54, 1.807) is 36.4 Å². The number of carbonyl (C=O) groups is 1. The summed E-state index contributed by atoms with van der Waals surface area (Å²) >= 11 is 1.08. The van der Waals surface area contributed by atoms with Gasteiger partial charge in [0.05, 0.1) is 16.7 Å². The Balaban J connectivity index is 1.64. The zero-order chi connectivity index (χ0) is 17.8. The van der Waals surface area contributed by atoms with E-state index in [4.69, 9.17) is 5.84 Å². The van der Waals surface area contributed by atoms with Crippen LogP contribution in [0.4, 0.5) is 4.39 Å². The first kappa shape index (κ1) is 17.0. The molecule has 0 saturated carbocycles. The SMILES string of the molecule is Nn1c(SCC(=O)NCc2ccc(F)cc2)nc2ccccc2c1=O. The summed E-state index contributed by atoms with van der Waals surface area (Å²) in [4.78, 5) is 28.5. The third kappa shape index (κ3) is 3.97. The standard InChI is InChI=1S/C17H15FN4O2S/c18-12-7-5-11(6-8-12)9-20-15(23)10-25-17-21-14-4-2-1-3-13(14)16(24)22(17)19/h1-8H,9-10,19H2,(H,20,23). The van der Waals surface area contributed by atoms with E-state index < -0.39 is 0 Å². The first-order chi connectivity index (χ1) is 12.0. The van der Waals surface area contributed by atoms with E-state index in [0.29, 0.717) is 17.4 Å². The minimum atomic E-state index is -0.361. The summed E-state index contributed by atoms with van der Waals surface area (Å²) in [5.74, 6) is 5.26. The molecule has 25 heavy (non-hydrogen) atoms. The highest BCUT2D eigenvalue weighted by Gasteiger charge is 2.11. The molecule has 1 amide bonds. The van der Waals surface area contributed by atoms with Gasteiger partial charge in [0, 0.05) is 6.54 Å². The average molecular weight is 358 g/mol. The van der Waals surface area contributed by atoms with E-state index in [1.165, 1.54) is 12.1 Å². The number of thioether (sulfide) groups is 1. The Morgan fingerprint density at radius 2 is 1.92 bits per heavy atom. The lowest BCUT2D eigenvalue weighted by Crippen LogP contribution is -2.31. The van der Waals surface area contributed by atoms with E-state index in [9.17, 15) is 14.0 Å². The van der Waals surface area contributed by atoms with Crippen LogP contribution in [-0.4, -0.2) is 21.3 Å². The van der Waals surface area contributed by atoms with Gasteiger partial charge in [-0.15, -0.1) is 0 Å². The van der Waals surface area contributed by atoms with E-state index in [1.807, 2.05) is 0 Å². The van der Waals surface area contributed by atoms with Gasteiger partial charge in [0.2, 0.25) is 5.91 Å². The number of hydrogen-bond donors (Lipinski definition) is 2. The Bertz CT molecular complexity index is 973. The van der Waals surface area contributed by atoms with Crippen molar-refractivity contribution in [2.75, 3.05) is 11.6 Å². The molecule has 0 unspecified atom stereocenters. The zero-order valence-electron chi connectivity index (χ0n) is 13.1. The lowest BCUT2D eigenvalue weighted by molar-refractivity contribution is -0.118. The van der Waals surface area contributed by atoms with Gasteiger partial charge in [0.15, 0.2) is 5.16 Å². The van der Waals surface area contributed by atoms with Gasteiger partial charge >= 0.3 is 0 Å². The molecule has 0 atom stereocenters. The number of benzene rings is 2. The summed E-state index contributed by atoms with van der Waals surface area (Å²) in [7, 11) is 0. The van der Waals surface area contributed by atoms with E-state index in [2.05, 4.69) is 10.3 Å². The van der Waals surface area contributed by atoms with Crippen LogP contribution in [0.15, 0.2) is 58.5 Å². The van der Waals surface area contributed by atoms with Crippen molar-refractivity contribution in [3.63, 3.8) is 0 Å². The normalized spacial score (nSPS) is 10.8. The van der Waals surface area contributed by atoms with Crippen molar-refractivity contribution in [1.82, 2.24) is 15.0 Å². The lowest BCUT2D eigenvalue weighted by Gasteiger charge is -2.09. The van der Waals surface area contributed by atoms with Crippen LogP contribution in [0.3, 0.4) is 0 Å². The maximum absolute atomic E-state index is 12.8. The molecule has 1 heterocycles. The topological polar surface area (TPSA) is 90.0 Å². The van der Waals surface area contributed by atoms with Crippen LogP contribution in [0.1, 0.15) is 5.56 Å². The van der Waals surface area contributed by atoms with Crippen LogP contribution in [-0.2, 0) is 11.3 Å². The van der Waals surface area contributed by atoms with Crippen molar-refractivity contribution in [1.29, 1.82) is 0 Å². The van der Waals surface area contributed by atoms with Crippen molar-refractivity contribution in [3.8, 4) is 0 Å². The molecule has 0 spiro atoms. The summed E-state index contributed by atoms with van der Waals surface area (Å²) in [5.41, 5.74) is 0.961. The number of carbonyl (C=O) groups excluding carboxylic acids is 1. The van der Waals surface area contributed by atoms with E-state index >= 15 is 0 Å². The van der Waals surface area contributed by atoms with Crippen LogP contribution in [0, 0.1) is 5.82 Å². The molecule has 0 radical (unpaired) electrons. The number of para-hydroxylation sites is 1. The predicted octanol–water partition coefficient (Wildman–Crippen LogP) is 1.66. The number of amides is 1. The first-order valence-corrected chi connectivity index (χ1v) is 8.44. The molecular formula is C17H15FN4O2S. The summed E-state index contributed by atoms with van der Waals surface area (Å²) in [6.07, 6.45) is 0. The molecule has 0 aliphatic heterocycles. The maximum Gasteiger partial charge on any atom is 0.280 e. The van der Waals surface area contributed by atoms with E-state index in [-0.39, 0.29) is 28.2 Å². The van der Waals surface area contributed by atoms with Crippen molar-refractivity contribution in [2.45, 2.75) is 11.7 Å². The summed E-state index contributed by atoms with van der Waals surface area (Å²) in [5, 5.41) is 3.41. The molecule has 6 nitrogen and oxygen atoms in total. The summed E-state index contributed by atoms with van der Waals surface area (Å²) < 4.78 is 13.8. The molecule has 0 fully saturated rings. The molecule has 3 aromatic rings. The minimum Gasteiger partial charge on any atom is -0.351 e. The summed E-state index contributed by atoms with van der Waals surface area (Å²) in [6, 6.07) is 12.8. The molecule has 3 rings (SSSR count). The van der Waals surface area contributed by atoms with Crippen molar-refractivity contribution in [3.05, 3.63) is 70.3 Å². The van der Waals surface area contributed by atoms with Gasteiger partial charge in [-0.3, -0.25) is 9.59 Å². The van der Waals surface area contributed by atoms with Crippen molar-refractivity contribution in [2.24, 2.45) is 0 Å². The number of hydrogen-bond acceptors (Lipinski definition) is 5. The molecule has 8 heteroatoms. The van der Waals surface area contributed by atoms with Crippen LogP contribution in [0.5, 0.6) is 0 Å². The highest BCUT2D eigenvalue weighted by atomic mass is 32.2. The molecule has 128 valence electrons. The Kier molecular flexibility index (Phi) is 4.99. The molecular weight excluding hydrogens is 343 g/mol. The Labute approximate surface area is 146 Å². The zero-order valence-corrected chi connectivity index (χ0v) is 13.9. The number of halogens is 1. The van der Waals surface area contributed by atoms with Crippen LogP contribution < -0.4 is 16.7 Å². The largest absolute Gasteiger partial charge is 0.351 e. The number of nitrogens with two attached hydrogens (primary N) is 1. The van der Waals surface area contributed by atoms with Crippen LogP contribution in [0.25, 0.3) is 10.9 Å². The molecule has 0 bridgehead atoms. The Hall–Kier alpha value is -2.87. The second-order valence-corrected chi connectivity index (χ2v) is 6.22. The van der Waals surface area contributed by atoms with Gasteiger partial charge < -0.3 is 11.2 Å². The monoisotopic (exact) mass is 358 g/mol. The third-order valence-electron chi connectivity index (χ3n) is 3.51. The quantitative estimate of drug-likeness (QED) is 0.411. The lowest BCUT2D eigenvalue weighted by atomic mass is 10.2. The fourth-order valence-corrected chi connectivity index (χ4v) is 2.96. The Morgan fingerprint density at radius 1 is 1.20 bits per heavy atom. The van der Waals surface area contributed by atoms with Gasteiger partial charge in [0.1, 0.15) is 5.82 Å². The minimum absolute atomic E-state index is 0.0587. The number of nitrogens with one attached hydrogen (secondary N) is 1. The number of nitrogen functional groups attached to an aromatic ring is 1. The fourth-order valence-electron chi connectivity index (χ4n) is 2.21. The Morgan fingerprint density at radius 3 is 2.68 bits per heavy atom. The first-order valence-electron chi connectivity index (χ1n) is 7.45. The molecule has 0 aliphatic carbocycles. The molecule has 3 N–H and O–H groups in total. The molecule has 0 aliphatic rings. The number of rotatable bonds is 5. The molecule has 1 aromatic heterocycles. The van der Waals surface area contributed by atoms with Gasteiger partial charge in [-0.1, -0.05) is 36.0 Å². The van der Waals surface area contributed by atoms with Gasteiger partial charge in [0.25, 0.3) is 5.56 Å². The molecule has 2 aromatic carbocycles. The average Bonchev–Trinajstić information content (AvgIpc) is 2.63. The van der Waals surface area contributed by atoms with Crippen LogP contribution >= 0.6 is 11.8 Å². The van der Waals surface area contributed by atoms with Gasteiger partial charge in [-0.05, 0) is 29.8 Å². The smallest absolute Gasteiger partial charge is 0.280 e. The number of nitrogens with zero attached hydrogens (tertiary/aromatic N) is 2. The second-order valence-electron chi connectivity index (χ2n) is 5.28. The highest BCUT2D eigenvalue weighted by molar-refractivity contribution is 7.99. The predicted molar refractivity (Wildman–Crippen MR) is 95.1 cm³/mol. The summed E-state index contributed by atoms with van der Waals surface area (Å²) in [6.45, 7) is 0.292. The third-order valence-corrected chi connectivity index (χ3v) is 4.46. The second kappa shape index (κ2) is 7.35. The van der Waals surface area contributed by atoms with E-state index in [0.717, 1.165) is 22.0 Å². The number of aromatic nitrogens is 2. The fraction of sp³-hybridized carbons (Fsp3) is 0.118. The highest BCUT2D eigenvalue weighted by Crippen LogP contribution is 2.15. The van der Waals surface area contributed by atoms with Crippen LogP contribution in [0.2, 0.25) is 0 Å². The number of fused-ring (bicyclic) bond motifs is 1.